The van der Waals surface area contributed by atoms with Crippen molar-refractivity contribution in [3.05, 3.63) is 58.3 Å². The van der Waals surface area contributed by atoms with Crippen molar-refractivity contribution in [3.8, 4) is 11.3 Å². The van der Waals surface area contributed by atoms with E-state index < -0.39 is 0 Å². The van der Waals surface area contributed by atoms with Crippen molar-refractivity contribution >= 4 is 27.5 Å². The van der Waals surface area contributed by atoms with E-state index in [2.05, 4.69) is 22.9 Å². The van der Waals surface area contributed by atoms with Crippen LogP contribution in [-0.4, -0.2) is 22.5 Å². The quantitative estimate of drug-likeness (QED) is 0.661. The average molecular weight is 359 g/mol. The Hall–Kier alpha value is -2.14. The summed E-state index contributed by atoms with van der Waals surface area (Å²) in [6.07, 6.45) is 2.71. The number of ether oxygens (including phenoxy) is 1. The van der Waals surface area contributed by atoms with Gasteiger partial charge < -0.3 is 9.14 Å². The first-order chi connectivity index (χ1) is 10.7. The van der Waals surface area contributed by atoms with Gasteiger partial charge in [0.25, 0.3) is 0 Å². The number of aromatic nitrogens is 2. The van der Waals surface area contributed by atoms with Crippen LogP contribution in [0.15, 0.2) is 47.1 Å². The summed E-state index contributed by atoms with van der Waals surface area (Å²) in [7, 11) is 1.38. The second-order valence-electron chi connectivity index (χ2n) is 4.88. The Bertz CT molecular complexity index is 855. The number of carbonyl (C=O) groups excluding carboxylic acids is 1. The number of imidazole rings is 1. The van der Waals surface area contributed by atoms with Gasteiger partial charge in [-0.1, -0.05) is 41.1 Å². The van der Waals surface area contributed by atoms with E-state index >= 15 is 0 Å². The predicted octanol–water partition coefficient (Wildman–Crippen LogP) is 4.11. The van der Waals surface area contributed by atoms with Crippen molar-refractivity contribution in [2.24, 2.45) is 0 Å². The van der Waals surface area contributed by atoms with E-state index in [9.17, 15) is 4.79 Å². The zero-order valence-corrected chi connectivity index (χ0v) is 13.9. The lowest BCUT2D eigenvalue weighted by Crippen LogP contribution is -2.02. The van der Waals surface area contributed by atoms with Crippen LogP contribution in [0.3, 0.4) is 0 Å². The number of hydrogen-bond donors (Lipinski definition) is 0. The van der Waals surface area contributed by atoms with Crippen LogP contribution in [-0.2, 0) is 11.2 Å². The minimum absolute atomic E-state index is 0.356. The van der Waals surface area contributed by atoms with Crippen LogP contribution in [0.2, 0.25) is 0 Å². The molecule has 112 valence electrons. The van der Waals surface area contributed by atoms with E-state index in [0.717, 1.165) is 33.5 Å². The summed E-state index contributed by atoms with van der Waals surface area (Å²) in [6.45, 7) is 2.10. The fourth-order valence-corrected chi connectivity index (χ4v) is 3.02. The van der Waals surface area contributed by atoms with Gasteiger partial charge in [0, 0.05) is 16.2 Å². The van der Waals surface area contributed by atoms with Crippen molar-refractivity contribution in [2.45, 2.75) is 13.3 Å². The molecule has 0 unspecified atom stereocenters. The number of esters is 1. The Morgan fingerprint density at radius 1 is 1.32 bits per heavy atom. The van der Waals surface area contributed by atoms with E-state index in [1.54, 1.807) is 12.1 Å². The van der Waals surface area contributed by atoms with E-state index in [-0.39, 0.29) is 5.97 Å². The summed E-state index contributed by atoms with van der Waals surface area (Å²) in [6, 6.07) is 11.5. The van der Waals surface area contributed by atoms with Gasteiger partial charge in [-0.3, -0.25) is 0 Å². The molecule has 0 saturated heterocycles. The molecule has 2 aromatic heterocycles. The van der Waals surface area contributed by atoms with Gasteiger partial charge in [0.1, 0.15) is 5.65 Å². The summed E-state index contributed by atoms with van der Waals surface area (Å²) >= 11 is 3.58. The predicted molar refractivity (Wildman–Crippen MR) is 89.0 cm³/mol. The van der Waals surface area contributed by atoms with Crippen molar-refractivity contribution in [2.75, 3.05) is 7.11 Å². The molecule has 1 aromatic carbocycles. The first-order valence-corrected chi connectivity index (χ1v) is 7.79. The minimum Gasteiger partial charge on any atom is -0.465 e. The number of benzene rings is 1. The highest BCUT2D eigenvalue weighted by molar-refractivity contribution is 9.10. The van der Waals surface area contributed by atoms with Gasteiger partial charge in [0.15, 0.2) is 0 Å². The summed E-state index contributed by atoms with van der Waals surface area (Å²) in [5.41, 5.74) is 4.32. The molecule has 3 rings (SSSR count). The Kier molecular flexibility index (Phi) is 3.98. The van der Waals surface area contributed by atoms with Crippen LogP contribution in [0.25, 0.3) is 16.9 Å². The molecule has 0 aliphatic heterocycles. The Morgan fingerprint density at radius 3 is 2.77 bits per heavy atom. The fraction of sp³-hybridized carbons (Fsp3) is 0.176. The number of hydrogen-bond acceptors (Lipinski definition) is 3. The third-order valence-corrected chi connectivity index (χ3v) is 4.30. The number of rotatable bonds is 3. The third-order valence-electron chi connectivity index (χ3n) is 3.61. The SMILES string of the molecule is CCc1c(-c2ccccc2Br)nc2cc(C(=O)OC)ccn12. The van der Waals surface area contributed by atoms with Crippen molar-refractivity contribution in [1.29, 1.82) is 0 Å². The standard InChI is InChI=1S/C17H15BrN2O2/c1-3-14-16(12-6-4-5-7-13(12)18)19-15-10-11(17(21)22-2)8-9-20(14)15/h4-10H,3H2,1-2H3. The summed E-state index contributed by atoms with van der Waals surface area (Å²) in [5, 5.41) is 0. The molecule has 0 radical (unpaired) electrons. The number of fused-ring (bicyclic) bond motifs is 1. The second kappa shape index (κ2) is 5.93. The van der Waals surface area contributed by atoms with Gasteiger partial charge in [0.05, 0.1) is 24.1 Å². The lowest BCUT2D eigenvalue weighted by Gasteiger charge is -2.04. The first-order valence-electron chi connectivity index (χ1n) is 7.00. The lowest BCUT2D eigenvalue weighted by molar-refractivity contribution is 0.0600. The highest BCUT2D eigenvalue weighted by Gasteiger charge is 2.16. The summed E-state index contributed by atoms with van der Waals surface area (Å²) in [4.78, 5) is 16.4. The van der Waals surface area contributed by atoms with Gasteiger partial charge >= 0.3 is 5.97 Å². The number of halogens is 1. The van der Waals surface area contributed by atoms with Crippen molar-refractivity contribution in [3.63, 3.8) is 0 Å². The van der Waals surface area contributed by atoms with Crippen LogP contribution in [0.4, 0.5) is 0 Å². The molecule has 0 amide bonds. The van der Waals surface area contributed by atoms with Gasteiger partial charge in [-0.05, 0) is 24.6 Å². The zero-order chi connectivity index (χ0) is 15.7. The Labute approximate surface area is 136 Å². The molecular formula is C17H15BrN2O2. The second-order valence-corrected chi connectivity index (χ2v) is 5.73. The molecule has 0 N–H and O–H groups in total. The highest BCUT2D eigenvalue weighted by atomic mass is 79.9. The van der Waals surface area contributed by atoms with Gasteiger partial charge in [-0.15, -0.1) is 0 Å². The molecule has 0 aliphatic rings. The number of carbonyl (C=O) groups is 1. The molecule has 2 heterocycles. The van der Waals surface area contributed by atoms with Gasteiger partial charge in [-0.2, -0.15) is 0 Å². The molecule has 4 nitrogen and oxygen atoms in total. The third kappa shape index (κ3) is 2.41. The number of methoxy groups -OCH3 is 1. The van der Waals surface area contributed by atoms with Gasteiger partial charge in [-0.25, -0.2) is 9.78 Å². The zero-order valence-electron chi connectivity index (χ0n) is 12.3. The Morgan fingerprint density at radius 2 is 2.09 bits per heavy atom. The molecular weight excluding hydrogens is 344 g/mol. The van der Waals surface area contributed by atoms with Crippen LogP contribution < -0.4 is 0 Å². The number of nitrogens with zero attached hydrogens (tertiary/aromatic N) is 2. The smallest absolute Gasteiger partial charge is 0.338 e. The maximum absolute atomic E-state index is 11.7. The number of aryl methyl sites for hydroxylation is 1. The van der Waals surface area contributed by atoms with Crippen molar-refractivity contribution < 1.29 is 9.53 Å². The van der Waals surface area contributed by atoms with Crippen LogP contribution in [0.1, 0.15) is 23.0 Å². The molecule has 0 atom stereocenters. The minimum atomic E-state index is -0.356. The molecule has 5 heteroatoms. The van der Waals surface area contributed by atoms with Crippen LogP contribution in [0.5, 0.6) is 0 Å². The average Bonchev–Trinajstić information content (AvgIpc) is 2.91. The normalized spacial score (nSPS) is 10.9. The van der Waals surface area contributed by atoms with Gasteiger partial charge in [0.2, 0.25) is 0 Å². The van der Waals surface area contributed by atoms with E-state index in [1.807, 2.05) is 34.9 Å². The highest BCUT2D eigenvalue weighted by Crippen LogP contribution is 2.31. The Balaban J connectivity index is 2.23. The molecule has 0 aliphatic carbocycles. The lowest BCUT2D eigenvalue weighted by atomic mass is 10.1. The topological polar surface area (TPSA) is 43.6 Å². The monoisotopic (exact) mass is 358 g/mol. The maximum Gasteiger partial charge on any atom is 0.338 e. The molecule has 0 fully saturated rings. The van der Waals surface area contributed by atoms with E-state index in [1.165, 1.54) is 7.11 Å². The fourth-order valence-electron chi connectivity index (χ4n) is 2.55. The molecule has 3 aromatic rings. The molecule has 22 heavy (non-hydrogen) atoms. The van der Waals surface area contributed by atoms with E-state index in [4.69, 9.17) is 9.72 Å². The summed E-state index contributed by atoms with van der Waals surface area (Å²) < 4.78 is 7.79. The van der Waals surface area contributed by atoms with Crippen molar-refractivity contribution in [1.82, 2.24) is 9.38 Å². The molecule has 0 spiro atoms. The molecule has 0 saturated carbocycles. The first kappa shape index (κ1) is 14.8. The molecule has 0 bridgehead atoms. The summed E-state index contributed by atoms with van der Waals surface area (Å²) in [5.74, 6) is -0.356. The number of pyridine rings is 1. The van der Waals surface area contributed by atoms with E-state index in [0.29, 0.717) is 5.56 Å². The van der Waals surface area contributed by atoms with Crippen LogP contribution >= 0.6 is 15.9 Å². The largest absolute Gasteiger partial charge is 0.465 e. The maximum atomic E-state index is 11.7. The van der Waals surface area contributed by atoms with Crippen LogP contribution in [0, 0.1) is 0 Å².